The molecule has 2 rings (SSSR count). The van der Waals surface area contributed by atoms with E-state index in [1.807, 2.05) is 6.07 Å². The van der Waals surface area contributed by atoms with Crippen molar-refractivity contribution in [3.63, 3.8) is 0 Å². The number of nitrogens with one attached hydrogen (secondary N) is 1. The number of hydrogen-bond acceptors (Lipinski definition) is 2. The quantitative estimate of drug-likeness (QED) is 0.807. The number of hydrogen-bond donors (Lipinski definition) is 1. The normalized spacial score (nSPS) is 13.3. The van der Waals surface area contributed by atoms with Gasteiger partial charge >= 0.3 is 0 Å². The van der Waals surface area contributed by atoms with Crippen molar-refractivity contribution in [1.29, 1.82) is 0 Å². The highest BCUT2D eigenvalue weighted by Crippen LogP contribution is 2.18. The van der Waals surface area contributed by atoms with Gasteiger partial charge in [-0.15, -0.1) is 0 Å². The number of rotatable bonds is 6. The second-order valence-corrected chi connectivity index (χ2v) is 7.53. The molecule has 114 valence electrons. The third-order valence-electron chi connectivity index (χ3n) is 3.43. The maximum absolute atomic E-state index is 5.52. The molecule has 1 aromatic heterocycles. The highest BCUT2D eigenvalue weighted by molar-refractivity contribution is 9.10. The van der Waals surface area contributed by atoms with E-state index in [4.69, 9.17) is 4.42 Å². The zero-order chi connectivity index (χ0) is 15.3. The molecule has 0 aliphatic rings. The predicted molar refractivity (Wildman–Crippen MR) is 91.5 cm³/mol. The summed E-state index contributed by atoms with van der Waals surface area (Å²) in [5.41, 5.74) is 1.51. The molecule has 0 aliphatic heterocycles. The molecule has 1 N–H and O–H groups in total. The van der Waals surface area contributed by atoms with Gasteiger partial charge in [-0.1, -0.05) is 28.1 Å². The van der Waals surface area contributed by atoms with Gasteiger partial charge in [0.15, 0.2) is 0 Å². The number of furan rings is 1. The first-order chi connectivity index (χ1) is 9.92. The molecular formula is C18H24BrNO. The summed E-state index contributed by atoms with van der Waals surface area (Å²) in [6.45, 7) is 7.60. The van der Waals surface area contributed by atoms with Gasteiger partial charge in [0.2, 0.25) is 0 Å². The van der Waals surface area contributed by atoms with Crippen LogP contribution in [0.5, 0.6) is 0 Å². The lowest BCUT2D eigenvalue weighted by Crippen LogP contribution is -2.40. The van der Waals surface area contributed by atoms with Gasteiger partial charge in [-0.2, -0.15) is 0 Å². The topological polar surface area (TPSA) is 25.2 Å². The van der Waals surface area contributed by atoms with Crippen molar-refractivity contribution in [3.05, 3.63) is 58.5 Å². The maximum atomic E-state index is 5.52. The van der Waals surface area contributed by atoms with Crippen LogP contribution >= 0.6 is 15.9 Å². The number of halogens is 1. The van der Waals surface area contributed by atoms with E-state index >= 15 is 0 Å². The molecule has 2 nitrogen and oxygen atoms in total. The van der Waals surface area contributed by atoms with Gasteiger partial charge in [-0.05, 0) is 69.5 Å². The minimum atomic E-state index is 0.140. The summed E-state index contributed by atoms with van der Waals surface area (Å²) in [4.78, 5) is 0. The van der Waals surface area contributed by atoms with Gasteiger partial charge in [-0.3, -0.25) is 0 Å². The van der Waals surface area contributed by atoms with E-state index in [0.717, 1.165) is 29.6 Å². The summed E-state index contributed by atoms with van der Waals surface area (Å²) in [5, 5.41) is 3.62. The van der Waals surface area contributed by atoms with Crippen molar-refractivity contribution in [2.75, 3.05) is 6.54 Å². The lowest BCUT2D eigenvalue weighted by Gasteiger charge is -2.25. The van der Waals surface area contributed by atoms with Crippen molar-refractivity contribution in [2.24, 2.45) is 5.92 Å². The molecule has 1 atom stereocenters. The maximum Gasteiger partial charge on any atom is 0.104 e. The SMILES string of the molecule is CC(C)(C)NCC(Cc1ccc(Br)cc1)Cc1ccco1. The van der Waals surface area contributed by atoms with Crippen LogP contribution in [0, 0.1) is 5.92 Å². The van der Waals surface area contributed by atoms with Gasteiger partial charge in [0.25, 0.3) is 0 Å². The summed E-state index contributed by atoms with van der Waals surface area (Å²) >= 11 is 3.49. The van der Waals surface area contributed by atoms with Crippen molar-refractivity contribution < 1.29 is 4.42 Å². The van der Waals surface area contributed by atoms with Crippen LogP contribution in [0.2, 0.25) is 0 Å². The van der Waals surface area contributed by atoms with E-state index in [1.165, 1.54) is 5.56 Å². The Morgan fingerprint density at radius 2 is 1.81 bits per heavy atom. The van der Waals surface area contributed by atoms with Gasteiger partial charge in [0, 0.05) is 16.4 Å². The molecule has 0 bridgehead atoms. The Bertz CT molecular complexity index is 525. The molecule has 0 saturated carbocycles. The molecule has 0 saturated heterocycles. The van der Waals surface area contributed by atoms with Gasteiger partial charge < -0.3 is 9.73 Å². The molecule has 3 heteroatoms. The number of benzene rings is 1. The van der Waals surface area contributed by atoms with Crippen molar-refractivity contribution >= 4 is 15.9 Å². The second kappa shape index (κ2) is 7.28. The van der Waals surface area contributed by atoms with Crippen molar-refractivity contribution in [2.45, 2.75) is 39.2 Å². The fourth-order valence-electron chi connectivity index (χ4n) is 2.33. The average molecular weight is 350 g/mol. The Morgan fingerprint density at radius 3 is 2.38 bits per heavy atom. The first-order valence-electron chi connectivity index (χ1n) is 7.44. The Kier molecular flexibility index (Phi) is 5.65. The summed E-state index contributed by atoms with van der Waals surface area (Å²) in [7, 11) is 0. The zero-order valence-corrected chi connectivity index (χ0v) is 14.6. The molecule has 1 aromatic carbocycles. The second-order valence-electron chi connectivity index (χ2n) is 6.61. The highest BCUT2D eigenvalue weighted by atomic mass is 79.9. The molecule has 0 amide bonds. The van der Waals surface area contributed by atoms with E-state index in [9.17, 15) is 0 Å². The molecule has 21 heavy (non-hydrogen) atoms. The standard InChI is InChI=1S/C18H24BrNO/c1-18(2,3)20-13-15(12-17-5-4-10-21-17)11-14-6-8-16(19)9-7-14/h4-10,15,20H,11-13H2,1-3H3. The van der Waals surface area contributed by atoms with E-state index in [2.05, 4.69) is 72.3 Å². The van der Waals surface area contributed by atoms with Crippen LogP contribution in [0.25, 0.3) is 0 Å². The van der Waals surface area contributed by atoms with E-state index < -0.39 is 0 Å². The van der Waals surface area contributed by atoms with Crippen molar-refractivity contribution in [3.8, 4) is 0 Å². The van der Waals surface area contributed by atoms with Gasteiger partial charge in [0.05, 0.1) is 6.26 Å². The summed E-state index contributed by atoms with van der Waals surface area (Å²) < 4.78 is 6.64. The van der Waals surface area contributed by atoms with Crippen LogP contribution in [0.4, 0.5) is 0 Å². The molecule has 0 radical (unpaired) electrons. The van der Waals surface area contributed by atoms with E-state index in [0.29, 0.717) is 5.92 Å². The van der Waals surface area contributed by atoms with Crippen LogP contribution in [-0.4, -0.2) is 12.1 Å². The van der Waals surface area contributed by atoms with Crippen LogP contribution < -0.4 is 5.32 Å². The Hall–Kier alpha value is -1.06. The molecule has 1 heterocycles. The van der Waals surface area contributed by atoms with Crippen LogP contribution in [0.15, 0.2) is 51.6 Å². The minimum Gasteiger partial charge on any atom is -0.469 e. The summed E-state index contributed by atoms with van der Waals surface area (Å²) in [5.74, 6) is 1.59. The fourth-order valence-corrected chi connectivity index (χ4v) is 2.60. The molecule has 0 spiro atoms. The van der Waals surface area contributed by atoms with Crippen LogP contribution in [0.3, 0.4) is 0 Å². The fraction of sp³-hybridized carbons (Fsp3) is 0.444. The molecule has 2 aromatic rings. The first-order valence-corrected chi connectivity index (χ1v) is 8.23. The monoisotopic (exact) mass is 349 g/mol. The zero-order valence-electron chi connectivity index (χ0n) is 13.0. The lowest BCUT2D eigenvalue weighted by atomic mass is 9.94. The van der Waals surface area contributed by atoms with Crippen LogP contribution in [-0.2, 0) is 12.8 Å². The average Bonchev–Trinajstić information content (AvgIpc) is 2.91. The molecule has 0 aliphatic carbocycles. The Morgan fingerprint density at radius 1 is 1.10 bits per heavy atom. The smallest absolute Gasteiger partial charge is 0.104 e. The first kappa shape index (κ1) is 16.3. The Labute approximate surface area is 136 Å². The summed E-state index contributed by atoms with van der Waals surface area (Å²) in [6, 6.07) is 12.6. The van der Waals surface area contributed by atoms with Crippen LogP contribution in [0.1, 0.15) is 32.1 Å². The highest BCUT2D eigenvalue weighted by Gasteiger charge is 2.16. The Balaban J connectivity index is 2.01. The largest absolute Gasteiger partial charge is 0.469 e. The lowest BCUT2D eigenvalue weighted by molar-refractivity contribution is 0.352. The van der Waals surface area contributed by atoms with E-state index in [1.54, 1.807) is 6.26 Å². The predicted octanol–water partition coefficient (Wildman–Crippen LogP) is 4.83. The third-order valence-corrected chi connectivity index (χ3v) is 3.96. The van der Waals surface area contributed by atoms with E-state index in [-0.39, 0.29) is 5.54 Å². The van der Waals surface area contributed by atoms with Gasteiger partial charge in [0.1, 0.15) is 5.76 Å². The molecule has 1 unspecified atom stereocenters. The molecule has 0 fully saturated rings. The van der Waals surface area contributed by atoms with Gasteiger partial charge in [-0.25, -0.2) is 0 Å². The third kappa shape index (κ3) is 6.06. The minimum absolute atomic E-state index is 0.140. The molecular weight excluding hydrogens is 326 g/mol. The van der Waals surface area contributed by atoms with Crippen molar-refractivity contribution in [1.82, 2.24) is 5.32 Å². The summed E-state index contributed by atoms with van der Waals surface area (Å²) in [6.07, 6.45) is 3.77.